The molecule has 110 valence electrons. The summed E-state index contributed by atoms with van der Waals surface area (Å²) in [6, 6.07) is 0.345. The van der Waals surface area contributed by atoms with Crippen molar-refractivity contribution in [2.75, 3.05) is 17.6 Å². The minimum Gasteiger partial charge on any atom is -0.397 e. The molecule has 1 fully saturated rings. The summed E-state index contributed by atoms with van der Waals surface area (Å²) in [5.41, 5.74) is 11.7. The summed E-state index contributed by atoms with van der Waals surface area (Å²) in [7, 11) is 0. The Labute approximate surface area is 121 Å². The lowest BCUT2D eigenvalue weighted by Crippen LogP contribution is -2.27. The average Bonchev–Trinajstić information content (AvgIpc) is 2.68. The Balaban J connectivity index is 2.26. The van der Waals surface area contributed by atoms with E-state index in [1.54, 1.807) is 0 Å². The maximum atomic E-state index is 12.0. The number of carbonyl (C=O) groups excluding carboxylic acids is 2. The lowest BCUT2D eigenvalue weighted by molar-refractivity contribution is 0.0958. The highest BCUT2D eigenvalue weighted by Gasteiger charge is 2.27. The molecule has 1 aliphatic carbocycles. The SMILES string of the molecule is CCCNC(=O)c1sc(NC2CCC2)c(C(N)=O)c1N. The van der Waals surface area contributed by atoms with E-state index in [1.807, 2.05) is 6.92 Å². The number of primary amides is 1. The molecule has 0 radical (unpaired) electrons. The van der Waals surface area contributed by atoms with Crippen molar-refractivity contribution in [1.29, 1.82) is 0 Å². The maximum absolute atomic E-state index is 12.0. The third-order valence-electron chi connectivity index (χ3n) is 3.37. The number of hydrogen-bond acceptors (Lipinski definition) is 5. The fraction of sp³-hybridized carbons (Fsp3) is 0.538. The number of carbonyl (C=O) groups is 2. The van der Waals surface area contributed by atoms with Crippen LogP contribution in [0.5, 0.6) is 0 Å². The van der Waals surface area contributed by atoms with Gasteiger partial charge in [0.25, 0.3) is 11.8 Å². The van der Waals surface area contributed by atoms with Crippen LogP contribution in [-0.2, 0) is 0 Å². The number of nitrogen functional groups attached to an aromatic ring is 1. The molecule has 0 spiro atoms. The van der Waals surface area contributed by atoms with Crippen molar-refractivity contribution in [3.63, 3.8) is 0 Å². The van der Waals surface area contributed by atoms with E-state index >= 15 is 0 Å². The predicted molar refractivity (Wildman–Crippen MR) is 81.1 cm³/mol. The molecule has 1 saturated carbocycles. The van der Waals surface area contributed by atoms with Crippen LogP contribution in [0.15, 0.2) is 0 Å². The lowest BCUT2D eigenvalue weighted by Gasteiger charge is -2.27. The van der Waals surface area contributed by atoms with Crippen LogP contribution < -0.4 is 22.1 Å². The predicted octanol–water partition coefficient (Wildman–Crippen LogP) is 1.53. The van der Waals surface area contributed by atoms with Crippen LogP contribution in [0.1, 0.15) is 52.6 Å². The normalized spacial score (nSPS) is 14.7. The van der Waals surface area contributed by atoms with E-state index in [4.69, 9.17) is 11.5 Å². The first-order chi connectivity index (χ1) is 9.54. The summed E-state index contributed by atoms with van der Waals surface area (Å²) in [6.07, 6.45) is 4.14. The number of nitrogens with two attached hydrogens (primary N) is 2. The molecule has 0 bridgehead atoms. The van der Waals surface area contributed by atoms with Gasteiger partial charge in [-0.2, -0.15) is 0 Å². The van der Waals surface area contributed by atoms with Crippen molar-refractivity contribution in [2.24, 2.45) is 5.73 Å². The molecule has 1 aliphatic rings. The molecule has 2 amide bonds. The van der Waals surface area contributed by atoms with Gasteiger partial charge in [0.05, 0.1) is 11.3 Å². The van der Waals surface area contributed by atoms with Gasteiger partial charge in [-0.25, -0.2) is 0 Å². The number of amides is 2. The highest BCUT2D eigenvalue weighted by atomic mass is 32.1. The van der Waals surface area contributed by atoms with Crippen LogP contribution in [0.2, 0.25) is 0 Å². The Morgan fingerprint density at radius 2 is 2.10 bits per heavy atom. The van der Waals surface area contributed by atoms with Gasteiger partial charge in [-0.3, -0.25) is 9.59 Å². The van der Waals surface area contributed by atoms with Crippen LogP contribution in [0.4, 0.5) is 10.7 Å². The molecule has 7 heteroatoms. The Kier molecular flexibility index (Phi) is 4.49. The fourth-order valence-corrected chi connectivity index (χ4v) is 3.13. The van der Waals surface area contributed by atoms with E-state index in [2.05, 4.69) is 10.6 Å². The molecule has 0 aliphatic heterocycles. The second-order valence-electron chi connectivity index (χ2n) is 4.94. The summed E-state index contributed by atoms with van der Waals surface area (Å²) in [5, 5.41) is 6.63. The highest BCUT2D eigenvalue weighted by Crippen LogP contribution is 2.37. The van der Waals surface area contributed by atoms with Crippen LogP contribution in [0, 0.1) is 0 Å². The summed E-state index contributed by atoms with van der Waals surface area (Å²) in [6.45, 7) is 2.55. The second kappa shape index (κ2) is 6.13. The number of nitrogens with one attached hydrogen (secondary N) is 2. The molecule has 0 saturated heterocycles. The number of anilines is 2. The van der Waals surface area contributed by atoms with E-state index in [9.17, 15) is 9.59 Å². The first-order valence-corrected chi connectivity index (χ1v) is 7.63. The quantitative estimate of drug-likeness (QED) is 0.638. The van der Waals surface area contributed by atoms with Gasteiger partial charge in [0.15, 0.2) is 0 Å². The van der Waals surface area contributed by atoms with Gasteiger partial charge < -0.3 is 22.1 Å². The van der Waals surface area contributed by atoms with E-state index in [-0.39, 0.29) is 17.2 Å². The topological polar surface area (TPSA) is 110 Å². The van der Waals surface area contributed by atoms with E-state index in [0.29, 0.717) is 22.5 Å². The largest absolute Gasteiger partial charge is 0.397 e. The molecule has 20 heavy (non-hydrogen) atoms. The molecular formula is C13H20N4O2S. The summed E-state index contributed by atoms with van der Waals surface area (Å²) in [4.78, 5) is 23.9. The lowest BCUT2D eigenvalue weighted by atomic mass is 9.93. The Morgan fingerprint density at radius 3 is 2.60 bits per heavy atom. The minimum absolute atomic E-state index is 0.179. The van der Waals surface area contributed by atoms with Gasteiger partial charge in [0, 0.05) is 12.6 Å². The number of thiophene rings is 1. The maximum Gasteiger partial charge on any atom is 0.263 e. The van der Waals surface area contributed by atoms with E-state index < -0.39 is 5.91 Å². The van der Waals surface area contributed by atoms with Crippen molar-refractivity contribution in [2.45, 2.75) is 38.6 Å². The monoisotopic (exact) mass is 296 g/mol. The van der Waals surface area contributed by atoms with Gasteiger partial charge in [-0.1, -0.05) is 6.92 Å². The summed E-state index contributed by atoms with van der Waals surface area (Å²) >= 11 is 1.20. The zero-order valence-electron chi connectivity index (χ0n) is 11.5. The minimum atomic E-state index is -0.602. The van der Waals surface area contributed by atoms with Crippen molar-refractivity contribution < 1.29 is 9.59 Å². The number of rotatable bonds is 6. The third kappa shape index (κ3) is 2.87. The molecule has 1 aromatic rings. The van der Waals surface area contributed by atoms with Gasteiger partial charge in [0.1, 0.15) is 9.88 Å². The molecule has 2 rings (SSSR count). The Hall–Kier alpha value is -1.76. The van der Waals surface area contributed by atoms with Gasteiger partial charge in [-0.15, -0.1) is 11.3 Å². The van der Waals surface area contributed by atoms with E-state index in [0.717, 1.165) is 19.3 Å². The Morgan fingerprint density at radius 1 is 1.40 bits per heavy atom. The van der Waals surface area contributed by atoms with Gasteiger partial charge in [-0.05, 0) is 25.7 Å². The summed E-state index contributed by atoms with van der Waals surface area (Å²) < 4.78 is 0. The van der Waals surface area contributed by atoms with Crippen LogP contribution in [0.25, 0.3) is 0 Å². The zero-order valence-corrected chi connectivity index (χ0v) is 12.3. The van der Waals surface area contributed by atoms with Crippen molar-refractivity contribution in [3.8, 4) is 0 Å². The van der Waals surface area contributed by atoms with Crippen LogP contribution in [-0.4, -0.2) is 24.4 Å². The molecule has 0 unspecified atom stereocenters. The summed E-state index contributed by atoms with van der Waals surface area (Å²) in [5.74, 6) is -0.853. The molecule has 0 atom stereocenters. The van der Waals surface area contributed by atoms with Crippen molar-refractivity contribution >= 4 is 33.8 Å². The van der Waals surface area contributed by atoms with Gasteiger partial charge >= 0.3 is 0 Å². The van der Waals surface area contributed by atoms with Crippen molar-refractivity contribution in [1.82, 2.24) is 5.32 Å². The standard InChI is InChI=1S/C13H20N4O2S/c1-2-6-16-12(19)10-9(14)8(11(15)18)13(20-10)17-7-4-3-5-7/h7,17H,2-6,14H2,1H3,(H2,15,18)(H,16,19). The molecule has 6 nitrogen and oxygen atoms in total. The average molecular weight is 296 g/mol. The zero-order chi connectivity index (χ0) is 14.7. The first-order valence-electron chi connectivity index (χ1n) is 6.81. The molecule has 1 aromatic heterocycles. The van der Waals surface area contributed by atoms with Crippen LogP contribution in [0.3, 0.4) is 0 Å². The smallest absolute Gasteiger partial charge is 0.263 e. The highest BCUT2D eigenvalue weighted by molar-refractivity contribution is 7.19. The molecule has 1 heterocycles. The molecular weight excluding hydrogens is 276 g/mol. The first kappa shape index (κ1) is 14.6. The molecule has 6 N–H and O–H groups in total. The molecule has 0 aromatic carbocycles. The van der Waals surface area contributed by atoms with Gasteiger partial charge in [0.2, 0.25) is 0 Å². The third-order valence-corrected chi connectivity index (χ3v) is 4.51. The van der Waals surface area contributed by atoms with Crippen molar-refractivity contribution in [3.05, 3.63) is 10.4 Å². The number of hydrogen-bond donors (Lipinski definition) is 4. The second-order valence-corrected chi connectivity index (χ2v) is 5.96. The van der Waals surface area contributed by atoms with E-state index in [1.165, 1.54) is 17.8 Å². The fourth-order valence-electron chi connectivity index (χ4n) is 2.02. The Bertz CT molecular complexity index is 523. The van der Waals surface area contributed by atoms with Crippen LogP contribution >= 0.6 is 11.3 Å².